The van der Waals surface area contributed by atoms with Crippen LogP contribution in [0.5, 0.6) is 5.75 Å². The number of hydrogen-bond donors (Lipinski definition) is 3. The fraction of sp³-hybridized carbons (Fsp3) is 0.316. The summed E-state index contributed by atoms with van der Waals surface area (Å²) in [5.41, 5.74) is 10.5. The quantitative estimate of drug-likeness (QED) is 0.652. The van der Waals surface area contributed by atoms with E-state index in [4.69, 9.17) is 16.2 Å². The molecule has 1 aliphatic heterocycles. The van der Waals surface area contributed by atoms with Crippen LogP contribution in [0.25, 0.3) is 11.4 Å². The predicted molar refractivity (Wildman–Crippen MR) is 98.0 cm³/mol. The number of aromatic nitrogens is 2. The second kappa shape index (κ2) is 6.98. The molecule has 0 saturated heterocycles. The van der Waals surface area contributed by atoms with Crippen LogP contribution in [0.3, 0.4) is 0 Å². The summed E-state index contributed by atoms with van der Waals surface area (Å²) in [6.07, 6.45) is -0.974. The van der Waals surface area contributed by atoms with Crippen molar-refractivity contribution >= 4 is 11.8 Å². The Balaban J connectivity index is 2.19. The molecule has 1 aliphatic rings. The van der Waals surface area contributed by atoms with Gasteiger partial charge in [0.2, 0.25) is 0 Å². The molecule has 2 unspecified atom stereocenters. The number of carbonyl (C=O) groups is 2. The lowest BCUT2D eigenvalue weighted by molar-refractivity contribution is -0.125. The van der Waals surface area contributed by atoms with E-state index in [1.165, 1.54) is 6.92 Å². The van der Waals surface area contributed by atoms with Gasteiger partial charge in [0.05, 0.1) is 12.1 Å². The third-order valence-electron chi connectivity index (χ3n) is 4.35. The van der Waals surface area contributed by atoms with Gasteiger partial charge in [-0.1, -0.05) is 11.8 Å². The second-order valence-electron chi connectivity index (χ2n) is 6.72. The van der Waals surface area contributed by atoms with E-state index in [1.54, 1.807) is 29.7 Å². The molecule has 28 heavy (non-hydrogen) atoms. The Morgan fingerprint density at radius 1 is 1.46 bits per heavy atom. The van der Waals surface area contributed by atoms with E-state index in [0.717, 1.165) is 0 Å². The lowest BCUT2D eigenvalue weighted by atomic mass is 10.1. The number of imidazole rings is 1. The number of halogens is 1. The van der Waals surface area contributed by atoms with Crippen LogP contribution in [-0.2, 0) is 11.3 Å². The minimum absolute atomic E-state index is 0.0586. The van der Waals surface area contributed by atoms with E-state index in [9.17, 15) is 19.1 Å². The van der Waals surface area contributed by atoms with Crippen LogP contribution in [0.2, 0.25) is 0 Å². The Bertz CT molecular complexity index is 1030. The Morgan fingerprint density at radius 2 is 2.18 bits per heavy atom. The maximum absolute atomic E-state index is 12.8. The van der Waals surface area contributed by atoms with Crippen LogP contribution >= 0.6 is 0 Å². The maximum Gasteiger partial charge on any atom is 0.269 e. The van der Waals surface area contributed by atoms with Crippen molar-refractivity contribution in [3.8, 4) is 29.0 Å². The van der Waals surface area contributed by atoms with E-state index < -0.39 is 30.2 Å². The molecular weight excluding hydrogens is 367 g/mol. The van der Waals surface area contributed by atoms with E-state index in [0.29, 0.717) is 28.4 Å². The van der Waals surface area contributed by atoms with Crippen molar-refractivity contribution in [1.29, 1.82) is 0 Å². The van der Waals surface area contributed by atoms with Crippen molar-refractivity contribution in [3.05, 3.63) is 35.2 Å². The van der Waals surface area contributed by atoms with Crippen molar-refractivity contribution in [1.82, 2.24) is 9.55 Å². The summed E-state index contributed by atoms with van der Waals surface area (Å²) < 4.78 is 20.1. The standard InChI is InChI=1S/C19H19FN4O4/c1-10-15(17(22)26)23-18-12-7-11(5-6-19(2,27)9-20)3-4-13(12)28-14(16(21)25)8-24(10)18/h3-4,7,14,27H,8-9H2,1-2H3,(H2,21,25)(H2,22,26). The fourth-order valence-corrected chi connectivity index (χ4v) is 2.83. The first-order chi connectivity index (χ1) is 13.1. The highest BCUT2D eigenvalue weighted by Crippen LogP contribution is 2.35. The van der Waals surface area contributed by atoms with Crippen molar-refractivity contribution < 1.29 is 23.8 Å². The Kier molecular flexibility index (Phi) is 4.83. The van der Waals surface area contributed by atoms with Gasteiger partial charge in [0.25, 0.3) is 11.8 Å². The molecule has 0 radical (unpaired) electrons. The molecule has 0 saturated carbocycles. The first-order valence-electron chi connectivity index (χ1n) is 8.42. The zero-order chi connectivity index (χ0) is 20.6. The van der Waals surface area contributed by atoms with Crippen molar-refractivity contribution in [2.24, 2.45) is 11.5 Å². The number of nitrogens with zero attached hydrogens (tertiary/aromatic N) is 2. The molecule has 0 bridgehead atoms. The normalized spacial score (nSPS) is 17.1. The molecule has 146 valence electrons. The molecule has 3 rings (SSSR count). The third kappa shape index (κ3) is 3.54. The summed E-state index contributed by atoms with van der Waals surface area (Å²) in [5.74, 6) is 4.47. The average molecular weight is 386 g/mol. The summed E-state index contributed by atoms with van der Waals surface area (Å²) in [6.45, 7) is 1.96. The van der Waals surface area contributed by atoms with Gasteiger partial charge in [0.15, 0.2) is 11.7 Å². The molecule has 8 nitrogen and oxygen atoms in total. The summed E-state index contributed by atoms with van der Waals surface area (Å²) in [6, 6.07) is 4.78. The van der Waals surface area contributed by atoms with Crippen LogP contribution in [0.15, 0.2) is 18.2 Å². The van der Waals surface area contributed by atoms with E-state index in [-0.39, 0.29) is 12.2 Å². The van der Waals surface area contributed by atoms with E-state index in [1.807, 2.05) is 0 Å². The molecule has 2 amide bonds. The summed E-state index contributed by atoms with van der Waals surface area (Å²) >= 11 is 0. The monoisotopic (exact) mass is 386 g/mol. The van der Waals surface area contributed by atoms with Gasteiger partial charge in [0, 0.05) is 11.3 Å². The Morgan fingerprint density at radius 3 is 2.79 bits per heavy atom. The number of benzene rings is 1. The second-order valence-corrected chi connectivity index (χ2v) is 6.72. The molecule has 1 aromatic carbocycles. The molecular formula is C19H19FN4O4. The summed E-state index contributed by atoms with van der Waals surface area (Å²) in [7, 11) is 0. The van der Waals surface area contributed by atoms with Crippen molar-refractivity contribution in [2.75, 3.05) is 6.67 Å². The number of ether oxygens (including phenoxy) is 1. The van der Waals surface area contributed by atoms with Gasteiger partial charge in [-0.15, -0.1) is 0 Å². The molecule has 2 heterocycles. The highest BCUT2D eigenvalue weighted by atomic mass is 19.1. The summed E-state index contributed by atoms with van der Waals surface area (Å²) in [4.78, 5) is 27.8. The minimum atomic E-state index is -1.77. The molecule has 5 N–H and O–H groups in total. The van der Waals surface area contributed by atoms with Crippen molar-refractivity contribution in [3.63, 3.8) is 0 Å². The Hall–Kier alpha value is -3.38. The summed E-state index contributed by atoms with van der Waals surface area (Å²) in [5, 5.41) is 9.73. The smallest absolute Gasteiger partial charge is 0.269 e. The maximum atomic E-state index is 12.8. The van der Waals surface area contributed by atoms with Gasteiger partial charge in [-0.05, 0) is 32.0 Å². The molecule has 0 spiro atoms. The number of nitrogens with two attached hydrogens (primary N) is 2. The number of alkyl halides is 1. The minimum Gasteiger partial charge on any atom is -0.478 e. The number of fused-ring (bicyclic) bond motifs is 3. The van der Waals surface area contributed by atoms with E-state index >= 15 is 0 Å². The van der Waals surface area contributed by atoms with Gasteiger partial charge in [-0.25, -0.2) is 9.37 Å². The van der Waals surface area contributed by atoms with Gasteiger partial charge in [-0.2, -0.15) is 0 Å². The number of primary amides is 2. The highest BCUT2D eigenvalue weighted by molar-refractivity contribution is 5.93. The number of carbonyl (C=O) groups excluding carboxylic acids is 2. The lowest BCUT2D eigenvalue weighted by Crippen LogP contribution is -2.37. The van der Waals surface area contributed by atoms with Gasteiger partial charge in [0.1, 0.15) is 23.9 Å². The molecule has 9 heteroatoms. The van der Waals surface area contributed by atoms with Crippen molar-refractivity contribution in [2.45, 2.75) is 32.1 Å². The average Bonchev–Trinajstić information content (AvgIpc) is 2.87. The molecule has 0 fully saturated rings. The molecule has 0 aliphatic carbocycles. The first-order valence-corrected chi connectivity index (χ1v) is 8.42. The molecule has 1 aromatic heterocycles. The number of hydrogen-bond acceptors (Lipinski definition) is 5. The zero-order valence-corrected chi connectivity index (χ0v) is 15.3. The third-order valence-corrected chi connectivity index (χ3v) is 4.35. The number of amides is 2. The van der Waals surface area contributed by atoms with Crippen LogP contribution < -0.4 is 16.2 Å². The van der Waals surface area contributed by atoms with Gasteiger partial charge < -0.3 is 25.9 Å². The first kappa shape index (κ1) is 19.4. The molecule has 2 atom stereocenters. The lowest BCUT2D eigenvalue weighted by Gasteiger charge is -2.15. The van der Waals surface area contributed by atoms with Gasteiger partial charge >= 0.3 is 0 Å². The van der Waals surface area contributed by atoms with E-state index in [2.05, 4.69) is 16.8 Å². The Labute approximate surface area is 160 Å². The predicted octanol–water partition coefficient (Wildman–Crippen LogP) is 0.276. The largest absolute Gasteiger partial charge is 0.478 e. The van der Waals surface area contributed by atoms with Crippen LogP contribution in [0, 0.1) is 18.8 Å². The van der Waals surface area contributed by atoms with Crippen LogP contribution in [-0.4, -0.2) is 44.9 Å². The SMILES string of the molecule is Cc1c(C(N)=O)nc2n1CC(C(N)=O)Oc1ccc(C#CC(C)(O)CF)cc1-2. The number of aliphatic hydroxyl groups is 1. The molecule has 2 aromatic rings. The highest BCUT2D eigenvalue weighted by Gasteiger charge is 2.30. The van der Waals surface area contributed by atoms with Crippen LogP contribution in [0.1, 0.15) is 28.7 Å². The fourth-order valence-electron chi connectivity index (χ4n) is 2.83. The number of rotatable bonds is 3. The van der Waals surface area contributed by atoms with Crippen LogP contribution in [0.4, 0.5) is 4.39 Å². The van der Waals surface area contributed by atoms with Gasteiger partial charge in [-0.3, -0.25) is 9.59 Å². The topological polar surface area (TPSA) is 133 Å². The zero-order valence-electron chi connectivity index (χ0n) is 15.3.